The molecule has 1 N–H and O–H groups in total. The summed E-state index contributed by atoms with van der Waals surface area (Å²) in [5.74, 6) is 1.02. The molecule has 5 rings (SSSR count). The lowest BCUT2D eigenvalue weighted by Gasteiger charge is -2.33. The van der Waals surface area contributed by atoms with Gasteiger partial charge in [0.05, 0.1) is 29.0 Å². The summed E-state index contributed by atoms with van der Waals surface area (Å²) in [5, 5.41) is 13.6. The Balaban J connectivity index is 1.40. The molecule has 2 aromatic carbocycles. The number of hydrogen-bond donors (Lipinski definition) is 1. The smallest absolute Gasteiger partial charge is 0.128 e. The van der Waals surface area contributed by atoms with Gasteiger partial charge in [0.25, 0.3) is 0 Å². The van der Waals surface area contributed by atoms with Crippen molar-refractivity contribution in [2.45, 2.75) is 0 Å². The number of pyridine rings is 2. The lowest BCUT2D eigenvalue weighted by atomic mass is 10.0. The maximum atomic E-state index is 9.04. The topological polar surface area (TPSA) is 68.1 Å². The molecule has 0 saturated carbocycles. The highest BCUT2D eigenvalue weighted by molar-refractivity contribution is 5.95. The van der Waals surface area contributed by atoms with Gasteiger partial charge in [-0.25, -0.2) is 4.98 Å². The molecule has 1 fully saturated rings. The fourth-order valence-corrected chi connectivity index (χ4v) is 4.01. The zero-order valence-corrected chi connectivity index (χ0v) is 18.0. The quantitative estimate of drug-likeness (QED) is 0.518. The summed E-state index contributed by atoms with van der Waals surface area (Å²) >= 11 is 0. The molecule has 0 atom stereocenters. The van der Waals surface area contributed by atoms with Crippen molar-refractivity contribution in [3.8, 4) is 17.2 Å². The zero-order chi connectivity index (χ0) is 21.9. The van der Waals surface area contributed by atoms with Crippen LogP contribution in [0.5, 0.6) is 0 Å². The molecule has 0 bridgehead atoms. The third-order valence-corrected chi connectivity index (χ3v) is 5.94. The van der Waals surface area contributed by atoms with Crippen molar-refractivity contribution in [3.05, 3.63) is 78.6 Å². The Morgan fingerprint density at radius 2 is 1.66 bits per heavy atom. The van der Waals surface area contributed by atoms with E-state index in [1.165, 1.54) is 0 Å². The minimum Gasteiger partial charge on any atom is -0.354 e. The summed E-state index contributed by atoms with van der Waals surface area (Å²) in [7, 11) is 2.16. The van der Waals surface area contributed by atoms with Gasteiger partial charge in [-0.05, 0) is 60.6 Å². The first kappa shape index (κ1) is 20.0. The van der Waals surface area contributed by atoms with Crippen molar-refractivity contribution in [2.75, 3.05) is 43.4 Å². The number of piperazine rings is 1. The van der Waals surface area contributed by atoms with Crippen LogP contribution in [0.2, 0.25) is 0 Å². The molecule has 3 heterocycles. The second kappa shape index (κ2) is 8.66. The Bertz CT molecular complexity index is 1270. The monoisotopic (exact) mass is 420 g/mol. The normalized spacial score (nSPS) is 14.3. The van der Waals surface area contributed by atoms with Crippen LogP contribution in [0.4, 0.5) is 17.2 Å². The van der Waals surface area contributed by atoms with Gasteiger partial charge in [0.1, 0.15) is 5.82 Å². The Morgan fingerprint density at radius 3 is 2.38 bits per heavy atom. The second-order valence-electron chi connectivity index (χ2n) is 8.10. The fourth-order valence-electron chi connectivity index (χ4n) is 4.01. The van der Waals surface area contributed by atoms with E-state index in [9.17, 15) is 0 Å². The highest BCUT2D eigenvalue weighted by Gasteiger charge is 2.15. The van der Waals surface area contributed by atoms with Gasteiger partial charge in [-0.15, -0.1) is 0 Å². The summed E-state index contributed by atoms with van der Waals surface area (Å²) < 4.78 is 0. The standard InChI is InChI=1S/C26H24N6/c1-31-12-14-32(15-13-31)26-9-7-22(18-29-26)30-25-10-11-28-24-8-6-21(16-23(24)25)20-4-2-19(17-27)3-5-20/h2-11,16,18H,12-15H2,1H3,(H,28,30). The fraction of sp³-hybridized carbons (Fsp3) is 0.192. The number of rotatable bonds is 4. The zero-order valence-electron chi connectivity index (χ0n) is 18.0. The van der Waals surface area contributed by atoms with E-state index in [1.807, 2.05) is 48.8 Å². The average Bonchev–Trinajstić information content (AvgIpc) is 2.85. The van der Waals surface area contributed by atoms with Gasteiger partial charge < -0.3 is 15.1 Å². The van der Waals surface area contributed by atoms with Gasteiger partial charge in [0, 0.05) is 43.4 Å². The lowest BCUT2D eigenvalue weighted by molar-refractivity contribution is 0.312. The van der Waals surface area contributed by atoms with Crippen molar-refractivity contribution in [1.82, 2.24) is 14.9 Å². The molecule has 1 aliphatic heterocycles. The summed E-state index contributed by atoms with van der Waals surface area (Å²) in [6.07, 6.45) is 3.71. The van der Waals surface area contributed by atoms with Crippen molar-refractivity contribution in [3.63, 3.8) is 0 Å². The van der Waals surface area contributed by atoms with Crippen LogP contribution in [0.25, 0.3) is 22.0 Å². The van der Waals surface area contributed by atoms with E-state index in [-0.39, 0.29) is 0 Å². The summed E-state index contributed by atoms with van der Waals surface area (Å²) in [5.41, 5.74) is 5.67. The van der Waals surface area contributed by atoms with Crippen LogP contribution in [0.1, 0.15) is 5.56 Å². The number of benzene rings is 2. The number of nitrogens with zero attached hydrogens (tertiary/aromatic N) is 5. The maximum absolute atomic E-state index is 9.04. The number of aromatic nitrogens is 2. The molecule has 1 saturated heterocycles. The molecule has 158 valence electrons. The van der Waals surface area contributed by atoms with E-state index in [1.54, 1.807) is 0 Å². The van der Waals surface area contributed by atoms with E-state index in [4.69, 9.17) is 5.26 Å². The predicted octanol–water partition coefficient (Wildman–Crippen LogP) is 4.66. The number of likely N-dealkylation sites (N-methyl/N-ethyl adjacent to an activating group) is 1. The lowest BCUT2D eigenvalue weighted by Crippen LogP contribution is -2.44. The van der Waals surface area contributed by atoms with Crippen LogP contribution in [-0.2, 0) is 0 Å². The average molecular weight is 421 g/mol. The Hall–Kier alpha value is -3.95. The van der Waals surface area contributed by atoms with Gasteiger partial charge in [-0.2, -0.15) is 5.26 Å². The van der Waals surface area contributed by atoms with E-state index in [0.717, 1.165) is 65.4 Å². The molecule has 32 heavy (non-hydrogen) atoms. The van der Waals surface area contributed by atoms with E-state index in [2.05, 4.69) is 62.5 Å². The van der Waals surface area contributed by atoms with E-state index >= 15 is 0 Å². The summed E-state index contributed by atoms with van der Waals surface area (Å²) in [4.78, 5) is 13.9. The molecule has 2 aromatic heterocycles. The molecule has 0 aliphatic carbocycles. The third kappa shape index (κ3) is 4.11. The molecule has 0 amide bonds. The van der Waals surface area contributed by atoms with Crippen molar-refractivity contribution in [1.29, 1.82) is 5.26 Å². The summed E-state index contributed by atoms with van der Waals surface area (Å²) in [6.45, 7) is 4.13. The molecular weight excluding hydrogens is 396 g/mol. The first-order valence-corrected chi connectivity index (χ1v) is 10.8. The molecule has 4 aromatic rings. The van der Waals surface area contributed by atoms with Crippen LogP contribution in [0, 0.1) is 11.3 Å². The van der Waals surface area contributed by atoms with Gasteiger partial charge in [0.15, 0.2) is 0 Å². The van der Waals surface area contributed by atoms with Crippen molar-refractivity contribution >= 4 is 28.1 Å². The first-order chi connectivity index (χ1) is 15.7. The molecule has 6 heteroatoms. The third-order valence-electron chi connectivity index (χ3n) is 5.94. The van der Waals surface area contributed by atoms with E-state index in [0.29, 0.717) is 5.56 Å². The minimum absolute atomic E-state index is 0.658. The SMILES string of the molecule is CN1CCN(c2ccc(Nc3ccnc4ccc(-c5ccc(C#N)cc5)cc34)cn2)CC1. The van der Waals surface area contributed by atoms with Gasteiger partial charge in [-0.3, -0.25) is 4.98 Å². The Kier molecular flexibility index (Phi) is 5.40. The van der Waals surface area contributed by atoms with Crippen molar-refractivity contribution < 1.29 is 0 Å². The highest BCUT2D eigenvalue weighted by atomic mass is 15.3. The molecule has 0 unspecified atom stereocenters. The number of hydrogen-bond acceptors (Lipinski definition) is 6. The molecule has 6 nitrogen and oxygen atoms in total. The van der Waals surface area contributed by atoms with Crippen LogP contribution in [0.15, 0.2) is 73.1 Å². The van der Waals surface area contributed by atoms with Gasteiger partial charge in [0.2, 0.25) is 0 Å². The molecule has 1 aliphatic rings. The minimum atomic E-state index is 0.658. The number of nitrogens with one attached hydrogen (secondary N) is 1. The van der Waals surface area contributed by atoms with Crippen LogP contribution >= 0.6 is 0 Å². The predicted molar refractivity (Wildman–Crippen MR) is 129 cm³/mol. The Morgan fingerprint density at radius 1 is 0.875 bits per heavy atom. The molecular formula is C26H24N6. The number of fused-ring (bicyclic) bond motifs is 1. The number of nitriles is 1. The Labute approximate surface area is 187 Å². The van der Waals surface area contributed by atoms with Crippen LogP contribution < -0.4 is 10.2 Å². The van der Waals surface area contributed by atoms with Crippen molar-refractivity contribution in [2.24, 2.45) is 0 Å². The van der Waals surface area contributed by atoms with Crippen LogP contribution in [0.3, 0.4) is 0 Å². The summed E-state index contributed by atoms with van der Waals surface area (Å²) in [6, 6.07) is 22.2. The van der Waals surface area contributed by atoms with Crippen LogP contribution in [-0.4, -0.2) is 48.1 Å². The maximum Gasteiger partial charge on any atom is 0.128 e. The number of anilines is 3. The van der Waals surface area contributed by atoms with Gasteiger partial charge >= 0.3 is 0 Å². The van der Waals surface area contributed by atoms with E-state index < -0.39 is 0 Å². The first-order valence-electron chi connectivity index (χ1n) is 10.8. The van der Waals surface area contributed by atoms with Gasteiger partial charge in [-0.1, -0.05) is 18.2 Å². The molecule has 0 spiro atoms. The molecule has 0 radical (unpaired) electrons. The highest BCUT2D eigenvalue weighted by Crippen LogP contribution is 2.30. The second-order valence-corrected chi connectivity index (χ2v) is 8.10. The largest absolute Gasteiger partial charge is 0.354 e.